The topological polar surface area (TPSA) is 59.3 Å². The minimum atomic E-state index is -3.13. The van der Waals surface area contributed by atoms with Gasteiger partial charge in [0.05, 0.1) is 6.07 Å². The molecule has 0 saturated carbocycles. The summed E-state index contributed by atoms with van der Waals surface area (Å²) in [6.45, 7) is 1.49. The van der Waals surface area contributed by atoms with Crippen LogP contribution in [0.25, 0.3) is 0 Å². The first-order valence-electron chi connectivity index (χ1n) is 2.71. The molecule has 58 valence electrons. The molecule has 0 spiro atoms. The summed E-state index contributed by atoms with van der Waals surface area (Å²) in [5, 5.41) is 8.35. The van der Waals surface area contributed by atoms with Crippen molar-refractivity contribution in [1.29, 1.82) is 5.26 Å². The molecule has 0 heterocycles. The van der Waals surface area contributed by atoms with Crippen LogP contribution in [0.2, 0.25) is 0 Å². The molecule has 10 heavy (non-hydrogen) atoms. The molecule has 0 rings (SSSR count). The number of nitriles is 1. The minimum absolute atomic E-state index is 0.706. The van der Waals surface area contributed by atoms with E-state index in [2.05, 4.69) is 9.05 Å². The second-order valence-corrected chi connectivity index (χ2v) is 4.29. The van der Waals surface area contributed by atoms with Crippen molar-refractivity contribution in [3.05, 3.63) is 0 Å². The molecule has 1 atom stereocenters. The van der Waals surface area contributed by atoms with E-state index in [1.165, 1.54) is 21.1 Å². The van der Waals surface area contributed by atoms with E-state index >= 15 is 0 Å². The van der Waals surface area contributed by atoms with Gasteiger partial charge >= 0.3 is 7.60 Å². The molecule has 0 aromatic carbocycles. The van der Waals surface area contributed by atoms with Crippen LogP contribution in [-0.4, -0.2) is 19.9 Å². The molecule has 4 nitrogen and oxygen atoms in total. The van der Waals surface area contributed by atoms with Crippen LogP contribution in [0.1, 0.15) is 6.92 Å². The van der Waals surface area contributed by atoms with E-state index < -0.39 is 13.3 Å². The third-order valence-corrected chi connectivity index (χ3v) is 3.25. The highest BCUT2D eigenvalue weighted by Gasteiger charge is 2.29. The second kappa shape index (κ2) is 3.72. The molecule has 0 aromatic heterocycles. The van der Waals surface area contributed by atoms with E-state index in [9.17, 15) is 4.57 Å². The molecule has 0 bridgehead atoms. The van der Waals surface area contributed by atoms with E-state index in [1.54, 1.807) is 6.07 Å². The van der Waals surface area contributed by atoms with Crippen LogP contribution in [-0.2, 0) is 13.6 Å². The van der Waals surface area contributed by atoms with Crippen LogP contribution in [0.15, 0.2) is 0 Å². The highest BCUT2D eigenvalue weighted by Crippen LogP contribution is 2.50. The number of hydrogen-bond acceptors (Lipinski definition) is 4. The number of nitrogens with zero attached hydrogens (tertiary/aromatic N) is 1. The van der Waals surface area contributed by atoms with Crippen LogP contribution < -0.4 is 0 Å². The standard InChI is InChI=1S/C5H10NO3P/c1-5(4-6)10(7,8-2)9-3/h5H,1-3H3. The summed E-state index contributed by atoms with van der Waals surface area (Å²) in [5.41, 5.74) is -0.706. The molecule has 0 amide bonds. The van der Waals surface area contributed by atoms with Gasteiger partial charge in [0.2, 0.25) is 0 Å². The van der Waals surface area contributed by atoms with E-state index in [0.29, 0.717) is 0 Å². The van der Waals surface area contributed by atoms with Crippen LogP contribution in [0.4, 0.5) is 0 Å². The van der Waals surface area contributed by atoms with Gasteiger partial charge < -0.3 is 9.05 Å². The normalized spacial score (nSPS) is 14.2. The average molecular weight is 163 g/mol. The maximum absolute atomic E-state index is 11.2. The van der Waals surface area contributed by atoms with Crippen LogP contribution in [0.3, 0.4) is 0 Å². The number of rotatable bonds is 3. The second-order valence-electron chi connectivity index (χ2n) is 1.71. The summed E-state index contributed by atoms with van der Waals surface area (Å²) in [7, 11) is -0.609. The maximum atomic E-state index is 11.2. The molecule has 0 aliphatic rings. The quantitative estimate of drug-likeness (QED) is 0.589. The first-order chi connectivity index (χ1) is 4.60. The van der Waals surface area contributed by atoms with Gasteiger partial charge in [-0.25, -0.2) is 0 Å². The van der Waals surface area contributed by atoms with Crippen molar-refractivity contribution in [3.63, 3.8) is 0 Å². The molecular weight excluding hydrogens is 153 g/mol. The van der Waals surface area contributed by atoms with Crippen molar-refractivity contribution < 1.29 is 13.6 Å². The first kappa shape index (κ1) is 9.64. The Labute approximate surface area is 60.3 Å². The molecule has 5 heteroatoms. The zero-order valence-electron chi connectivity index (χ0n) is 6.20. The SMILES string of the molecule is COP(=O)(OC)C(C)C#N. The van der Waals surface area contributed by atoms with Gasteiger partial charge in [-0.3, -0.25) is 4.57 Å². The molecule has 0 aliphatic heterocycles. The Morgan fingerprint density at radius 1 is 1.50 bits per heavy atom. The van der Waals surface area contributed by atoms with Gasteiger partial charge in [-0.05, 0) is 6.92 Å². The summed E-state index contributed by atoms with van der Waals surface area (Å²) in [6, 6.07) is 1.79. The van der Waals surface area contributed by atoms with Crippen LogP contribution in [0, 0.1) is 11.3 Å². The Kier molecular flexibility index (Phi) is 3.59. The first-order valence-corrected chi connectivity index (χ1v) is 4.32. The molecule has 0 aliphatic carbocycles. The highest BCUT2D eigenvalue weighted by molar-refractivity contribution is 7.54. The molecule has 0 fully saturated rings. The smallest absolute Gasteiger partial charge is 0.311 e. The van der Waals surface area contributed by atoms with Crippen LogP contribution in [0.5, 0.6) is 0 Å². The van der Waals surface area contributed by atoms with Crippen molar-refractivity contribution in [3.8, 4) is 6.07 Å². The third-order valence-electron chi connectivity index (χ3n) is 1.17. The summed E-state index contributed by atoms with van der Waals surface area (Å²) in [5.74, 6) is 0. The Balaban J connectivity index is 4.37. The van der Waals surface area contributed by atoms with Gasteiger partial charge in [-0.2, -0.15) is 5.26 Å². The third kappa shape index (κ3) is 1.81. The lowest BCUT2D eigenvalue weighted by Crippen LogP contribution is -2.03. The van der Waals surface area contributed by atoms with Gasteiger partial charge in [0, 0.05) is 14.2 Å². The van der Waals surface area contributed by atoms with Gasteiger partial charge in [-0.1, -0.05) is 0 Å². The van der Waals surface area contributed by atoms with Gasteiger partial charge in [0.1, 0.15) is 5.66 Å². The number of hydrogen-bond donors (Lipinski definition) is 0. The largest absolute Gasteiger partial charge is 0.346 e. The fraction of sp³-hybridized carbons (Fsp3) is 0.800. The fourth-order valence-electron chi connectivity index (χ4n) is 0.461. The van der Waals surface area contributed by atoms with Crippen molar-refractivity contribution in [2.24, 2.45) is 0 Å². The molecule has 1 unspecified atom stereocenters. The Morgan fingerprint density at radius 3 is 2.00 bits per heavy atom. The monoisotopic (exact) mass is 163 g/mol. The molecule has 0 N–H and O–H groups in total. The summed E-state index contributed by atoms with van der Waals surface area (Å²) < 4.78 is 20.3. The Bertz CT molecular complexity index is 178. The lowest BCUT2D eigenvalue weighted by Gasteiger charge is -2.14. The highest BCUT2D eigenvalue weighted by atomic mass is 31.2. The van der Waals surface area contributed by atoms with Crippen molar-refractivity contribution in [2.75, 3.05) is 14.2 Å². The van der Waals surface area contributed by atoms with E-state index in [0.717, 1.165) is 0 Å². The van der Waals surface area contributed by atoms with E-state index in [1.807, 2.05) is 0 Å². The van der Waals surface area contributed by atoms with E-state index in [-0.39, 0.29) is 0 Å². The molecule has 0 saturated heterocycles. The zero-order valence-corrected chi connectivity index (χ0v) is 7.09. The lowest BCUT2D eigenvalue weighted by molar-refractivity contribution is 0.272. The van der Waals surface area contributed by atoms with Crippen molar-refractivity contribution >= 4 is 7.60 Å². The Morgan fingerprint density at radius 2 is 1.90 bits per heavy atom. The average Bonchev–Trinajstić information content (AvgIpc) is 2.01. The predicted molar refractivity (Wildman–Crippen MR) is 36.7 cm³/mol. The minimum Gasteiger partial charge on any atom is -0.311 e. The molecular formula is C5H10NO3P. The van der Waals surface area contributed by atoms with Crippen LogP contribution >= 0.6 is 7.60 Å². The lowest BCUT2D eigenvalue weighted by atomic mass is 10.5. The van der Waals surface area contributed by atoms with Gasteiger partial charge in [0.15, 0.2) is 0 Å². The fourth-order valence-corrected chi connectivity index (χ4v) is 1.38. The zero-order chi connectivity index (χ0) is 8.20. The Hall–Kier alpha value is -0.360. The van der Waals surface area contributed by atoms with E-state index in [4.69, 9.17) is 5.26 Å². The summed E-state index contributed by atoms with van der Waals surface area (Å²) >= 11 is 0. The van der Waals surface area contributed by atoms with Gasteiger partial charge in [0.25, 0.3) is 0 Å². The summed E-state index contributed by atoms with van der Waals surface area (Å²) in [4.78, 5) is 0. The van der Waals surface area contributed by atoms with Crippen molar-refractivity contribution in [2.45, 2.75) is 12.6 Å². The molecule has 0 radical (unpaired) electrons. The van der Waals surface area contributed by atoms with Crippen molar-refractivity contribution in [1.82, 2.24) is 0 Å². The summed E-state index contributed by atoms with van der Waals surface area (Å²) in [6.07, 6.45) is 0. The molecule has 0 aromatic rings. The predicted octanol–water partition coefficient (Wildman–Crippen LogP) is 1.38. The maximum Gasteiger partial charge on any atom is 0.346 e. The van der Waals surface area contributed by atoms with Gasteiger partial charge in [-0.15, -0.1) is 0 Å².